The van der Waals surface area contributed by atoms with Crippen molar-refractivity contribution in [2.75, 3.05) is 43.1 Å². The number of aromatic nitrogens is 2. The summed E-state index contributed by atoms with van der Waals surface area (Å²) in [6, 6.07) is 2.04. The van der Waals surface area contributed by atoms with Gasteiger partial charge >= 0.3 is 0 Å². The molecule has 0 amide bonds. The van der Waals surface area contributed by atoms with E-state index >= 15 is 0 Å². The van der Waals surface area contributed by atoms with Crippen LogP contribution in [-0.4, -0.2) is 48.6 Å². The molecule has 0 radical (unpaired) electrons. The molecule has 2 saturated heterocycles. The van der Waals surface area contributed by atoms with Crippen molar-refractivity contribution in [2.45, 2.75) is 38.9 Å². The lowest BCUT2D eigenvalue weighted by atomic mass is 10.0. The minimum absolute atomic E-state index is 0.423. The summed E-state index contributed by atoms with van der Waals surface area (Å²) in [6.45, 7) is 8.65. The number of rotatable bonds is 6. The molecule has 0 saturated carbocycles. The largest absolute Gasteiger partial charge is 0.370 e. The molecule has 1 aromatic rings. The minimum Gasteiger partial charge on any atom is -0.370 e. The zero-order valence-corrected chi connectivity index (χ0v) is 13.5. The van der Waals surface area contributed by atoms with E-state index in [-0.39, 0.29) is 0 Å². The lowest BCUT2D eigenvalue weighted by Crippen LogP contribution is -2.30. The molecule has 6 nitrogen and oxygen atoms in total. The van der Waals surface area contributed by atoms with E-state index in [9.17, 15) is 0 Å². The standard InChI is InChI=1S/C16H26N4O2/c1-13(10-16(2)21-7-8-22-16)11-17-14-9-15(19-12-18-14)20-5-3-4-6-20/h9,12-13H,3-8,10-11H2,1-2H3,(H,17,18,19)/t13-/m1/s1. The van der Waals surface area contributed by atoms with E-state index in [1.165, 1.54) is 12.8 Å². The van der Waals surface area contributed by atoms with Gasteiger partial charge < -0.3 is 19.7 Å². The van der Waals surface area contributed by atoms with Crippen LogP contribution in [0.2, 0.25) is 0 Å². The number of hydrogen-bond donors (Lipinski definition) is 1. The van der Waals surface area contributed by atoms with E-state index in [4.69, 9.17) is 9.47 Å². The highest BCUT2D eigenvalue weighted by molar-refractivity contribution is 5.48. The maximum atomic E-state index is 5.67. The van der Waals surface area contributed by atoms with E-state index in [0.29, 0.717) is 19.1 Å². The molecule has 0 bridgehead atoms. The number of nitrogens with zero attached hydrogens (tertiary/aromatic N) is 3. The molecule has 22 heavy (non-hydrogen) atoms. The lowest BCUT2D eigenvalue weighted by molar-refractivity contribution is -0.153. The van der Waals surface area contributed by atoms with Gasteiger partial charge in [-0.15, -0.1) is 0 Å². The van der Waals surface area contributed by atoms with Crippen molar-refractivity contribution in [1.29, 1.82) is 0 Å². The van der Waals surface area contributed by atoms with Gasteiger partial charge in [-0.05, 0) is 25.7 Å². The second-order valence-electron chi connectivity index (χ2n) is 6.48. The van der Waals surface area contributed by atoms with Crippen LogP contribution in [0.5, 0.6) is 0 Å². The maximum absolute atomic E-state index is 5.67. The van der Waals surface area contributed by atoms with Crippen molar-refractivity contribution >= 4 is 11.6 Å². The first-order chi connectivity index (χ1) is 10.6. The van der Waals surface area contributed by atoms with Gasteiger partial charge in [-0.2, -0.15) is 0 Å². The summed E-state index contributed by atoms with van der Waals surface area (Å²) in [5.74, 6) is 1.93. The van der Waals surface area contributed by atoms with Crippen molar-refractivity contribution in [3.05, 3.63) is 12.4 Å². The monoisotopic (exact) mass is 306 g/mol. The average Bonchev–Trinajstić information content (AvgIpc) is 3.17. The molecule has 0 aromatic carbocycles. The number of nitrogens with one attached hydrogen (secondary N) is 1. The molecule has 1 atom stereocenters. The van der Waals surface area contributed by atoms with Gasteiger partial charge in [0.25, 0.3) is 0 Å². The molecular weight excluding hydrogens is 280 g/mol. The third-order valence-electron chi connectivity index (χ3n) is 4.33. The van der Waals surface area contributed by atoms with Crippen LogP contribution in [0.4, 0.5) is 11.6 Å². The van der Waals surface area contributed by atoms with Crippen LogP contribution >= 0.6 is 0 Å². The Morgan fingerprint density at radius 1 is 1.27 bits per heavy atom. The van der Waals surface area contributed by atoms with Crippen molar-refractivity contribution in [2.24, 2.45) is 5.92 Å². The van der Waals surface area contributed by atoms with Crippen LogP contribution in [0.3, 0.4) is 0 Å². The SMILES string of the molecule is C[C@@H](CNc1cc(N2CCCC2)ncn1)CC1(C)OCCO1. The summed E-state index contributed by atoms with van der Waals surface area (Å²) in [5.41, 5.74) is 0. The first-order valence-corrected chi connectivity index (χ1v) is 8.23. The predicted octanol–water partition coefficient (Wildman–Crippen LogP) is 2.28. The van der Waals surface area contributed by atoms with Gasteiger partial charge in [-0.1, -0.05) is 6.92 Å². The highest BCUT2D eigenvalue weighted by Crippen LogP contribution is 2.27. The zero-order valence-electron chi connectivity index (χ0n) is 13.5. The van der Waals surface area contributed by atoms with Crippen LogP contribution < -0.4 is 10.2 Å². The Hall–Kier alpha value is -1.40. The van der Waals surface area contributed by atoms with E-state index in [0.717, 1.165) is 37.7 Å². The Balaban J connectivity index is 1.51. The van der Waals surface area contributed by atoms with E-state index in [2.05, 4.69) is 27.1 Å². The molecular formula is C16H26N4O2. The molecule has 6 heteroatoms. The summed E-state index contributed by atoms with van der Waals surface area (Å²) >= 11 is 0. The van der Waals surface area contributed by atoms with Crippen LogP contribution in [0.15, 0.2) is 12.4 Å². The third kappa shape index (κ3) is 3.87. The minimum atomic E-state index is -0.423. The summed E-state index contributed by atoms with van der Waals surface area (Å²) < 4.78 is 11.3. The Morgan fingerprint density at radius 2 is 2.00 bits per heavy atom. The predicted molar refractivity (Wildman–Crippen MR) is 86.1 cm³/mol. The summed E-state index contributed by atoms with van der Waals surface area (Å²) in [4.78, 5) is 11.0. The maximum Gasteiger partial charge on any atom is 0.166 e. The van der Waals surface area contributed by atoms with Gasteiger partial charge in [-0.3, -0.25) is 0 Å². The number of hydrogen-bond acceptors (Lipinski definition) is 6. The van der Waals surface area contributed by atoms with Gasteiger partial charge in [0.1, 0.15) is 18.0 Å². The summed E-state index contributed by atoms with van der Waals surface area (Å²) in [6.07, 6.45) is 5.03. The number of ether oxygens (including phenoxy) is 2. The van der Waals surface area contributed by atoms with Crippen LogP contribution in [0.25, 0.3) is 0 Å². The van der Waals surface area contributed by atoms with Gasteiger partial charge in [0.15, 0.2) is 5.79 Å². The molecule has 3 rings (SSSR count). The first-order valence-electron chi connectivity index (χ1n) is 8.23. The molecule has 0 spiro atoms. The van der Waals surface area contributed by atoms with E-state index < -0.39 is 5.79 Å². The second-order valence-corrected chi connectivity index (χ2v) is 6.48. The van der Waals surface area contributed by atoms with Gasteiger partial charge in [0.05, 0.1) is 13.2 Å². The molecule has 0 unspecified atom stereocenters. The van der Waals surface area contributed by atoms with E-state index in [1.54, 1.807) is 6.33 Å². The van der Waals surface area contributed by atoms with Crippen LogP contribution in [-0.2, 0) is 9.47 Å². The van der Waals surface area contributed by atoms with Crippen molar-refractivity contribution in [1.82, 2.24) is 9.97 Å². The van der Waals surface area contributed by atoms with Gasteiger partial charge in [0.2, 0.25) is 0 Å². The average molecular weight is 306 g/mol. The topological polar surface area (TPSA) is 59.5 Å². The number of anilines is 2. The molecule has 1 aromatic heterocycles. The zero-order chi connectivity index (χ0) is 15.4. The van der Waals surface area contributed by atoms with Crippen molar-refractivity contribution < 1.29 is 9.47 Å². The Kier molecular flexibility index (Phi) is 4.78. The quantitative estimate of drug-likeness (QED) is 0.870. The molecule has 0 aliphatic carbocycles. The molecule has 1 N–H and O–H groups in total. The summed E-state index contributed by atoms with van der Waals surface area (Å²) in [7, 11) is 0. The molecule has 122 valence electrons. The molecule has 2 aliphatic rings. The third-order valence-corrected chi connectivity index (χ3v) is 4.33. The Bertz CT molecular complexity index is 485. The molecule has 2 fully saturated rings. The van der Waals surface area contributed by atoms with Crippen LogP contribution in [0.1, 0.15) is 33.1 Å². The fourth-order valence-electron chi connectivity index (χ4n) is 3.22. The first kappa shape index (κ1) is 15.5. The van der Waals surface area contributed by atoms with Gasteiger partial charge in [0, 0.05) is 32.1 Å². The van der Waals surface area contributed by atoms with Crippen LogP contribution in [0, 0.1) is 5.92 Å². The Labute approximate surface area is 132 Å². The van der Waals surface area contributed by atoms with Crippen molar-refractivity contribution in [3.8, 4) is 0 Å². The van der Waals surface area contributed by atoms with Gasteiger partial charge in [-0.25, -0.2) is 9.97 Å². The van der Waals surface area contributed by atoms with Crippen molar-refractivity contribution in [3.63, 3.8) is 0 Å². The smallest absolute Gasteiger partial charge is 0.166 e. The molecule has 3 heterocycles. The lowest BCUT2D eigenvalue weighted by Gasteiger charge is -2.26. The molecule has 2 aliphatic heterocycles. The van der Waals surface area contributed by atoms with E-state index in [1.807, 2.05) is 13.0 Å². The summed E-state index contributed by atoms with van der Waals surface area (Å²) in [5, 5.41) is 3.41. The second kappa shape index (κ2) is 6.79. The normalized spacial score (nSPS) is 22.0. The fraction of sp³-hybridized carbons (Fsp3) is 0.750. The highest BCUT2D eigenvalue weighted by Gasteiger charge is 2.32. The highest BCUT2D eigenvalue weighted by atomic mass is 16.7. The fourth-order valence-corrected chi connectivity index (χ4v) is 3.22. The Morgan fingerprint density at radius 3 is 2.73 bits per heavy atom.